The Labute approximate surface area is 162 Å². The number of anilines is 1. The lowest BCUT2D eigenvalue weighted by atomic mass is 10.1. The van der Waals surface area contributed by atoms with Crippen molar-refractivity contribution in [3.8, 4) is 5.75 Å². The summed E-state index contributed by atoms with van der Waals surface area (Å²) >= 11 is 7.58. The highest BCUT2D eigenvalue weighted by atomic mass is 35.5. The van der Waals surface area contributed by atoms with Crippen molar-refractivity contribution in [3.63, 3.8) is 0 Å². The highest BCUT2D eigenvalue weighted by Crippen LogP contribution is 2.46. The summed E-state index contributed by atoms with van der Waals surface area (Å²) in [6.07, 6.45) is -1.20. The van der Waals surface area contributed by atoms with E-state index in [9.17, 15) is 15.0 Å². The van der Waals surface area contributed by atoms with Crippen LogP contribution in [0, 0.1) is 0 Å². The van der Waals surface area contributed by atoms with E-state index >= 15 is 0 Å². The van der Waals surface area contributed by atoms with Crippen LogP contribution in [0.3, 0.4) is 0 Å². The molecule has 0 fully saturated rings. The number of benzene rings is 2. The van der Waals surface area contributed by atoms with Gasteiger partial charge in [-0.1, -0.05) is 23.7 Å². The molecule has 0 saturated carbocycles. The van der Waals surface area contributed by atoms with E-state index in [0.717, 1.165) is 16.1 Å². The summed E-state index contributed by atoms with van der Waals surface area (Å²) < 4.78 is 0. The molecule has 1 aliphatic heterocycles. The predicted molar refractivity (Wildman–Crippen MR) is 105 cm³/mol. The second-order valence-corrected chi connectivity index (χ2v) is 8.10. The molecule has 0 aromatic heterocycles. The standard InChI is InChI=1S/C19H21ClN2O3S/c1-21(2)9-10-22-15-8-5-13(20)11-16(15)26-18(17(24)19(22)25)12-3-6-14(23)7-4-12/h3-8,11,17-18,23-24H,9-10H2,1-2H3. The van der Waals surface area contributed by atoms with Gasteiger partial charge in [-0.2, -0.15) is 0 Å². The molecule has 0 aliphatic carbocycles. The van der Waals surface area contributed by atoms with Gasteiger partial charge in [0.2, 0.25) is 0 Å². The monoisotopic (exact) mass is 392 g/mol. The number of aliphatic hydroxyl groups is 1. The molecule has 2 aromatic carbocycles. The van der Waals surface area contributed by atoms with Gasteiger partial charge in [-0.05, 0) is 50.0 Å². The molecule has 0 spiro atoms. The smallest absolute Gasteiger partial charge is 0.257 e. The van der Waals surface area contributed by atoms with Crippen LogP contribution in [-0.2, 0) is 4.79 Å². The van der Waals surface area contributed by atoms with Crippen LogP contribution in [0.2, 0.25) is 5.02 Å². The topological polar surface area (TPSA) is 64.0 Å². The summed E-state index contributed by atoms with van der Waals surface area (Å²) in [5.74, 6) is -0.192. The molecule has 1 heterocycles. The number of amides is 1. The number of hydrogen-bond acceptors (Lipinski definition) is 5. The number of halogens is 1. The van der Waals surface area contributed by atoms with Crippen LogP contribution in [0.4, 0.5) is 5.69 Å². The highest BCUT2D eigenvalue weighted by Gasteiger charge is 2.37. The molecule has 2 aromatic rings. The quantitative estimate of drug-likeness (QED) is 0.836. The van der Waals surface area contributed by atoms with Gasteiger partial charge in [-0.3, -0.25) is 4.79 Å². The van der Waals surface area contributed by atoms with Crippen LogP contribution in [0.15, 0.2) is 47.4 Å². The number of rotatable bonds is 4. The van der Waals surface area contributed by atoms with Crippen molar-refractivity contribution < 1.29 is 15.0 Å². The van der Waals surface area contributed by atoms with Crippen molar-refractivity contribution in [1.29, 1.82) is 0 Å². The number of hydrogen-bond donors (Lipinski definition) is 2. The van der Waals surface area contributed by atoms with Gasteiger partial charge in [-0.15, -0.1) is 11.8 Å². The molecule has 138 valence electrons. The van der Waals surface area contributed by atoms with E-state index in [1.54, 1.807) is 35.2 Å². The predicted octanol–water partition coefficient (Wildman–Crippen LogP) is 3.15. The summed E-state index contributed by atoms with van der Waals surface area (Å²) in [6.45, 7) is 1.15. The van der Waals surface area contributed by atoms with Crippen molar-refractivity contribution >= 4 is 35.0 Å². The Bertz CT molecular complexity index is 798. The van der Waals surface area contributed by atoms with E-state index in [1.807, 2.05) is 31.1 Å². The van der Waals surface area contributed by atoms with E-state index in [2.05, 4.69) is 0 Å². The average Bonchev–Trinajstić information content (AvgIpc) is 2.70. The molecule has 7 heteroatoms. The molecule has 26 heavy (non-hydrogen) atoms. The normalized spacial score (nSPS) is 20.2. The van der Waals surface area contributed by atoms with Crippen LogP contribution in [0.1, 0.15) is 10.8 Å². The van der Waals surface area contributed by atoms with Gasteiger partial charge in [0.15, 0.2) is 0 Å². The fourth-order valence-corrected chi connectivity index (χ4v) is 4.40. The van der Waals surface area contributed by atoms with E-state index in [0.29, 0.717) is 18.1 Å². The first-order valence-corrected chi connectivity index (χ1v) is 9.52. The number of phenols is 1. The minimum atomic E-state index is -1.20. The number of aromatic hydroxyl groups is 1. The van der Waals surface area contributed by atoms with Gasteiger partial charge < -0.3 is 20.0 Å². The van der Waals surface area contributed by atoms with Crippen molar-refractivity contribution in [2.24, 2.45) is 0 Å². The van der Waals surface area contributed by atoms with Crippen molar-refractivity contribution in [2.45, 2.75) is 16.2 Å². The number of carbonyl (C=O) groups excluding carboxylic acids is 1. The first-order chi connectivity index (χ1) is 12.4. The van der Waals surface area contributed by atoms with Gasteiger partial charge in [0.1, 0.15) is 11.9 Å². The van der Waals surface area contributed by atoms with E-state index in [1.165, 1.54) is 11.8 Å². The lowest BCUT2D eigenvalue weighted by Crippen LogP contribution is -2.43. The molecular weight excluding hydrogens is 372 g/mol. The summed E-state index contributed by atoms with van der Waals surface area (Å²) in [4.78, 5) is 17.5. The molecule has 2 unspecified atom stereocenters. The maximum atomic E-state index is 13.0. The van der Waals surface area contributed by atoms with Crippen molar-refractivity contribution in [2.75, 3.05) is 32.1 Å². The molecular formula is C19H21ClN2O3S. The first-order valence-electron chi connectivity index (χ1n) is 8.26. The van der Waals surface area contributed by atoms with Crippen molar-refractivity contribution in [1.82, 2.24) is 4.90 Å². The zero-order chi connectivity index (χ0) is 18.8. The van der Waals surface area contributed by atoms with E-state index < -0.39 is 11.4 Å². The highest BCUT2D eigenvalue weighted by molar-refractivity contribution is 7.99. The molecule has 3 rings (SSSR count). The second kappa shape index (κ2) is 7.88. The van der Waals surface area contributed by atoms with Crippen LogP contribution in [-0.4, -0.2) is 54.3 Å². The van der Waals surface area contributed by atoms with Gasteiger partial charge in [0, 0.05) is 23.0 Å². The lowest BCUT2D eigenvalue weighted by Gasteiger charge is -2.26. The summed E-state index contributed by atoms with van der Waals surface area (Å²) in [5.41, 5.74) is 1.53. The Morgan fingerprint density at radius 3 is 2.54 bits per heavy atom. The largest absolute Gasteiger partial charge is 0.508 e. The summed E-state index contributed by atoms with van der Waals surface area (Å²) in [6, 6.07) is 12.0. The van der Waals surface area contributed by atoms with E-state index in [-0.39, 0.29) is 11.7 Å². The molecule has 0 saturated heterocycles. The molecule has 5 nitrogen and oxygen atoms in total. The van der Waals surface area contributed by atoms with Gasteiger partial charge in [0.25, 0.3) is 5.91 Å². The second-order valence-electron chi connectivity index (χ2n) is 6.48. The maximum Gasteiger partial charge on any atom is 0.257 e. The van der Waals surface area contributed by atoms with E-state index in [4.69, 9.17) is 11.6 Å². The minimum absolute atomic E-state index is 0.143. The number of likely N-dealkylation sites (N-methyl/N-ethyl adjacent to an activating group) is 1. The third-order valence-corrected chi connectivity index (χ3v) is 5.86. The third-order valence-electron chi connectivity index (χ3n) is 4.26. The summed E-state index contributed by atoms with van der Waals surface area (Å²) in [5, 5.41) is 20.4. The third kappa shape index (κ3) is 3.99. The van der Waals surface area contributed by atoms with Crippen LogP contribution >= 0.6 is 23.4 Å². The number of nitrogens with zero attached hydrogens (tertiary/aromatic N) is 2. The van der Waals surface area contributed by atoms with Gasteiger partial charge in [-0.25, -0.2) is 0 Å². The fourth-order valence-electron chi connectivity index (χ4n) is 2.86. The molecule has 0 radical (unpaired) electrons. The fraction of sp³-hybridized carbons (Fsp3) is 0.316. The minimum Gasteiger partial charge on any atom is -0.508 e. The molecule has 0 bridgehead atoms. The first kappa shape index (κ1) is 19.0. The Morgan fingerprint density at radius 2 is 1.88 bits per heavy atom. The lowest BCUT2D eigenvalue weighted by molar-refractivity contribution is -0.126. The van der Waals surface area contributed by atoms with Crippen LogP contribution in [0.25, 0.3) is 0 Å². The number of aliphatic hydroxyl groups excluding tert-OH is 1. The average molecular weight is 393 g/mol. The SMILES string of the molecule is CN(C)CCN1C(=O)C(O)C(c2ccc(O)cc2)Sc2cc(Cl)ccc21. The zero-order valence-electron chi connectivity index (χ0n) is 14.6. The molecule has 1 amide bonds. The Hall–Kier alpha value is -1.73. The van der Waals surface area contributed by atoms with Crippen LogP contribution < -0.4 is 4.90 Å². The molecule has 1 aliphatic rings. The van der Waals surface area contributed by atoms with Gasteiger partial charge >= 0.3 is 0 Å². The number of carbonyl (C=O) groups is 1. The molecule has 2 atom stereocenters. The van der Waals surface area contributed by atoms with Crippen molar-refractivity contribution in [3.05, 3.63) is 53.1 Å². The number of thioether (sulfide) groups is 1. The Kier molecular flexibility index (Phi) is 5.77. The van der Waals surface area contributed by atoms with Gasteiger partial charge in [0.05, 0.1) is 10.9 Å². The number of fused-ring (bicyclic) bond motifs is 1. The number of phenolic OH excluding ortho intramolecular Hbond substituents is 1. The Morgan fingerprint density at radius 1 is 1.19 bits per heavy atom. The van der Waals surface area contributed by atoms with Crippen LogP contribution in [0.5, 0.6) is 5.75 Å². The summed E-state index contributed by atoms with van der Waals surface area (Å²) in [7, 11) is 3.88. The molecule has 2 N–H and O–H groups in total. The zero-order valence-corrected chi connectivity index (χ0v) is 16.2. The Balaban J connectivity index is 2.03. The maximum absolute atomic E-state index is 13.0.